The lowest BCUT2D eigenvalue weighted by Crippen LogP contribution is -2.38. The van der Waals surface area contributed by atoms with Crippen LogP contribution < -0.4 is 5.32 Å². The van der Waals surface area contributed by atoms with Crippen LogP contribution in [0.1, 0.15) is 23.1 Å². The number of aromatic nitrogens is 1. The molecule has 0 aliphatic heterocycles. The summed E-state index contributed by atoms with van der Waals surface area (Å²) in [5.74, 6) is -0.686. The minimum Gasteiger partial charge on any atom is -0.328 e. The molecule has 0 fully saturated rings. The molecule has 0 saturated carbocycles. The van der Waals surface area contributed by atoms with Crippen molar-refractivity contribution < 1.29 is 9.59 Å². The molecule has 0 spiro atoms. The lowest BCUT2D eigenvalue weighted by molar-refractivity contribution is -0.116. The number of amides is 2. The molecule has 24 heavy (non-hydrogen) atoms. The zero-order valence-corrected chi connectivity index (χ0v) is 14.9. The van der Waals surface area contributed by atoms with Crippen LogP contribution in [0.4, 0.5) is 5.69 Å². The van der Waals surface area contributed by atoms with E-state index in [9.17, 15) is 9.59 Å². The highest BCUT2D eigenvalue weighted by atomic mass is 35.5. The van der Waals surface area contributed by atoms with Gasteiger partial charge in [-0.1, -0.05) is 35.3 Å². The molecule has 0 radical (unpaired) electrons. The standard InChI is InChI=1S/C17H17Cl2N3O2/c1-3-22(17(24)14-9-4-6-11(2)20-14)10-15(23)21-16-12(18)7-5-8-13(16)19/h4-9H,3,10H2,1-2H3,(H,21,23). The molecular formula is C17H17Cl2N3O2. The Labute approximate surface area is 150 Å². The van der Waals surface area contributed by atoms with Crippen LogP contribution in [0.3, 0.4) is 0 Å². The summed E-state index contributed by atoms with van der Waals surface area (Å²) in [6.07, 6.45) is 0. The maximum atomic E-state index is 12.5. The number of carbonyl (C=O) groups excluding carboxylic acids is 2. The summed E-state index contributed by atoms with van der Waals surface area (Å²) in [5, 5.41) is 3.32. The average Bonchev–Trinajstić information content (AvgIpc) is 2.55. The first kappa shape index (κ1) is 18.2. The normalized spacial score (nSPS) is 10.3. The van der Waals surface area contributed by atoms with Gasteiger partial charge in [-0.15, -0.1) is 0 Å². The smallest absolute Gasteiger partial charge is 0.272 e. The van der Waals surface area contributed by atoms with E-state index in [2.05, 4.69) is 10.3 Å². The largest absolute Gasteiger partial charge is 0.328 e. The number of hydrogen-bond donors (Lipinski definition) is 1. The third kappa shape index (κ3) is 4.46. The van der Waals surface area contributed by atoms with Crippen molar-refractivity contribution in [3.05, 3.63) is 57.8 Å². The van der Waals surface area contributed by atoms with Crippen LogP contribution in [-0.2, 0) is 4.79 Å². The van der Waals surface area contributed by atoms with E-state index >= 15 is 0 Å². The van der Waals surface area contributed by atoms with Gasteiger partial charge in [-0.05, 0) is 38.1 Å². The summed E-state index contributed by atoms with van der Waals surface area (Å²) in [7, 11) is 0. The number of anilines is 1. The monoisotopic (exact) mass is 365 g/mol. The van der Waals surface area contributed by atoms with E-state index in [-0.39, 0.29) is 18.4 Å². The fraction of sp³-hybridized carbons (Fsp3) is 0.235. The minimum absolute atomic E-state index is 0.119. The number of nitrogens with one attached hydrogen (secondary N) is 1. The lowest BCUT2D eigenvalue weighted by atomic mass is 10.2. The number of benzene rings is 1. The molecule has 0 unspecified atom stereocenters. The number of nitrogens with zero attached hydrogens (tertiary/aromatic N) is 2. The first-order chi connectivity index (χ1) is 11.4. The molecule has 7 heteroatoms. The number of rotatable bonds is 5. The van der Waals surface area contributed by atoms with Gasteiger partial charge in [0.15, 0.2) is 0 Å². The third-order valence-corrected chi connectivity index (χ3v) is 3.97. The highest BCUT2D eigenvalue weighted by Crippen LogP contribution is 2.29. The molecule has 1 heterocycles. The molecular weight excluding hydrogens is 349 g/mol. The van der Waals surface area contributed by atoms with E-state index in [1.165, 1.54) is 4.90 Å². The van der Waals surface area contributed by atoms with E-state index in [1.807, 2.05) is 0 Å². The summed E-state index contributed by atoms with van der Waals surface area (Å²) in [5.41, 5.74) is 1.38. The van der Waals surface area contributed by atoms with Crippen LogP contribution in [0.15, 0.2) is 36.4 Å². The second-order valence-corrected chi connectivity index (χ2v) is 5.94. The van der Waals surface area contributed by atoms with Gasteiger partial charge in [-0.3, -0.25) is 9.59 Å². The fourth-order valence-corrected chi connectivity index (χ4v) is 2.61. The summed E-state index contributed by atoms with van der Waals surface area (Å²) in [4.78, 5) is 30.3. The van der Waals surface area contributed by atoms with Crippen molar-refractivity contribution in [2.24, 2.45) is 0 Å². The van der Waals surface area contributed by atoms with Gasteiger partial charge in [0.05, 0.1) is 15.7 Å². The Balaban J connectivity index is 2.09. The highest BCUT2D eigenvalue weighted by molar-refractivity contribution is 6.39. The zero-order valence-electron chi connectivity index (χ0n) is 13.3. The molecule has 1 N–H and O–H groups in total. The molecule has 2 aromatic rings. The van der Waals surface area contributed by atoms with Crippen LogP contribution in [0, 0.1) is 6.92 Å². The molecule has 0 bridgehead atoms. The van der Waals surface area contributed by atoms with Crippen LogP contribution >= 0.6 is 23.2 Å². The number of aryl methyl sites for hydroxylation is 1. The van der Waals surface area contributed by atoms with Gasteiger partial charge in [0.1, 0.15) is 12.2 Å². The predicted molar refractivity (Wildman–Crippen MR) is 95.6 cm³/mol. The molecule has 126 valence electrons. The first-order valence-electron chi connectivity index (χ1n) is 7.39. The van der Waals surface area contributed by atoms with E-state index in [1.54, 1.807) is 50.2 Å². The Bertz CT molecular complexity index is 745. The van der Waals surface area contributed by atoms with Gasteiger partial charge >= 0.3 is 0 Å². The fourth-order valence-electron chi connectivity index (χ4n) is 2.12. The molecule has 2 amide bonds. The first-order valence-corrected chi connectivity index (χ1v) is 8.14. The van der Waals surface area contributed by atoms with Gasteiger partial charge in [0.25, 0.3) is 5.91 Å². The van der Waals surface area contributed by atoms with Gasteiger partial charge in [-0.2, -0.15) is 0 Å². The molecule has 0 aliphatic rings. The number of hydrogen-bond acceptors (Lipinski definition) is 3. The average molecular weight is 366 g/mol. The lowest BCUT2D eigenvalue weighted by Gasteiger charge is -2.20. The summed E-state index contributed by atoms with van der Waals surface area (Å²) in [6.45, 7) is 3.85. The van der Waals surface area contributed by atoms with Crippen molar-refractivity contribution >= 4 is 40.7 Å². The summed E-state index contributed by atoms with van der Waals surface area (Å²) in [6, 6.07) is 10.1. The second-order valence-electron chi connectivity index (χ2n) is 5.13. The topological polar surface area (TPSA) is 62.3 Å². The Kier molecular flexibility index (Phi) is 6.17. The van der Waals surface area contributed by atoms with E-state index in [0.29, 0.717) is 28.0 Å². The highest BCUT2D eigenvalue weighted by Gasteiger charge is 2.19. The molecule has 0 saturated heterocycles. The van der Waals surface area contributed by atoms with Crippen molar-refractivity contribution in [3.63, 3.8) is 0 Å². The molecule has 0 atom stereocenters. The number of pyridine rings is 1. The Morgan fingerprint density at radius 2 is 1.75 bits per heavy atom. The summed E-state index contributed by atoms with van der Waals surface area (Å²) < 4.78 is 0. The molecule has 2 rings (SSSR count). The third-order valence-electron chi connectivity index (χ3n) is 3.34. The second kappa shape index (κ2) is 8.13. The van der Waals surface area contributed by atoms with Gasteiger partial charge in [0.2, 0.25) is 5.91 Å². The van der Waals surface area contributed by atoms with Crippen LogP contribution in [0.25, 0.3) is 0 Å². The zero-order chi connectivity index (χ0) is 17.7. The number of para-hydroxylation sites is 1. The molecule has 0 aliphatic carbocycles. The molecule has 1 aromatic heterocycles. The van der Waals surface area contributed by atoms with Crippen molar-refractivity contribution in [2.75, 3.05) is 18.4 Å². The summed E-state index contributed by atoms with van der Waals surface area (Å²) >= 11 is 12.1. The van der Waals surface area contributed by atoms with Crippen LogP contribution in [0.2, 0.25) is 10.0 Å². The quantitative estimate of drug-likeness (QED) is 0.876. The number of halogens is 2. The van der Waals surface area contributed by atoms with Gasteiger partial charge in [0, 0.05) is 12.2 Å². The van der Waals surface area contributed by atoms with Crippen molar-refractivity contribution in [3.8, 4) is 0 Å². The van der Waals surface area contributed by atoms with Crippen molar-refractivity contribution in [1.29, 1.82) is 0 Å². The van der Waals surface area contributed by atoms with E-state index < -0.39 is 0 Å². The van der Waals surface area contributed by atoms with Crippen molar-refractivity contribution in [1.82, 2.24) is 9.88 Å². The molecule has 1 aromatic carbocycles. The maximum Gasteiger partial charge on any atom is 0.272 e. The Morgan fingerprint density at radius 3 is 2.33 bits per heavy atom. The number of carbonyl (C=O) groups is 2. The van der Waals surface area contributed by atoms with Gasteiger partial charge in [-0.25, -0.2) is 4.98 Å². The SMILES string of the molecule is CCN(CC(=O)Nc1c(Cl)cccc1Cl)C(=O)c1cccc(C)n1. The van der Waals surface area contributed by atoms with E-state index in [4.69, 9.17) is 23.2 Å². The number of likely N-dealkylation sites (N-methyl/N-ethyl adjacent to an activating group) is 1. The van der Waals surface area contributed by atoms with Gasteiger partial charge < -0.3 is 10.2 Å². The Hall–Kier alpha value is -2.11. The maximum absolute atomic E-state index is 12.5. The predicted octanol–water partition coefficient (Wildman–Crippen LogP) is 3.80. The van der Waals surface area contributed by atoms with Crippen molar-refractivity contribution in [2.45, 2.75) is 13.8 Å². The van der Waals surface area contributed by atoms with Crippen LogP contribution in [-0.4, -0.2) is 34.8 Å². The molecule has 5 nitrogen and oxygen atoms in total. The van der Waals surface area contributed by atoms with Crippen LogP contribution in [0.5, 0.6) is 0 Å². The Morgan fingerprint density at radius 1 is 1.12 bits per heavy atom. The van der Waals surface area contributed by atoms with E-state index in [0.717, 1.165) is 5.69 Å². The minimum atomic E-state index is -0.382.